The van der Waals surface area contributed by atoms with Crippen LogP contribution in [-0.2, 0) is 20.9 Å². The normalized spacial score (nSPS) is 21.9. The Morgan fingerprint density at radius 3 is 2.61 bits per heavy atom. The summed E-state index contributed by atoms with van der Waals surface area (Å²) in [7, 11) is 0. The fraction of sp³-hybridized carbons (Fsp3) is 0.375. The van der Waals surface area contributed by atoms with Gasteiger partial charge in [-0.2, -0.15) is 0 Å². The van der Waals surface area contributed by atoms with E-state index in [1.54, 1.807) is 17.0 Å². The molecule has 3 unspecified atom stereocenters. The van der Waals surface area contributed by atoms with Crippen LogP contribution in [0.3, 0.4) is 0 Å². The van der Waals surface area contributed by atoms with Crippen LogP contribution in [0, 0.1) is 5.82 Å². The zero-order valence-electron chi connectivity index (χ0n) is 18.5. The van der Waals surface area contributed by atoms with Crippen LogP contribution in [0.5, 0.6) is 0 Å². The second-order valence-electron chi connectivity index (χ2n) is 8.30. The van der Waals surface area contributed by atoms with E-state index in [0.717, 1.165) is 5.56 Å². The molecule has 0 spiro atoms. The Kier molecular flexibility index (Phi) is 6.48. The fourth-order valence-electron chi connectivity index (χ4n) is 4.09. The molecule has 2 heterocycles. The zero-order valence-corrected chi connectivity index (χ0v) is 18.5. The van der Waals surface area contributed by atoms with Crippen molar-refractivity contribution in [1.29, 1.82) is 0 Å². The summed E-state index contributed by atoms with van der Waals surface area (Å²) in [6.45, 7) is 4.21. The number of hydrogen-bond acceptors (Lipinski definition) is 5. The molecule has 33 heavy (non-hydrogen) atoms. The molecule has 0 saturated carbocycles. The quantitative estimate of drug-likeness (QED) is 0.721. The summed E-state index contributed by atoms with van der Waals surface area (Å²) in [5, 5.41) is 2.61. The number of likely N-dealkylation sites (tertiary alicyclic amines) is 1. The molecule has 0 bridgehead atoms. The van der Waals surface area contributed by atoms with Crippen LogP contribution in [0.2, 0.25) is 0 Å². The molecule has 2 aromatic carbocycles. The Balaban J connectivity index is 1.34. The molecular weight excluding hydrogens is 429 g/mol. The van der Waals surface area contributed by atoms with Gasteiger partial charge in [0.1, 0.15) is 18.5 Å². The zero-order chi connectivity index (χ0) is 23.5. The molecule has 2 saturated heterocycles. The van der Waals surface area contributed by atoms with Crippen LogP contribution >= 0.6 is 0 Å². The molecule has 4 rings (SSSR count). The van der Waals surface area contributed by atoms with Gasteiger partial charge in [-0.15, -0.1) is 0 Å². The Morgan fingerprint density at radius 2 is 1.94 bits per heavy atom. The highest BCUT2D eigenvalue weighted by atomic mass is 19.1. The van der Waals surface area contributed by atoms with Gasteiger partial charge in [0.25, 0.3) is 0 Å². The van der Waals surface area contributed by atoms with Crippen molar-refractivity contribution in [1.82, 2.24) is 10.2 Å². The lowest BCUT2D eigenvalue weighted by molar-refractivity contribution is -0.119. The lowest BCUT2D eigenvalue weighted by Crippen LogP contribution is -2.55. The van der Waals surface area contributed by atoms with E-state index in [4.69, 9.17) is 9.47 Å². The van der Waals surface area contributed by atoms with Crippen molar-refractivity contribution in [2.45, 2.75) is 38.5 Å². The largest absolute Gasteiger partial charge is 0.445 e. The van der Waals surface area contributed by atoms with Gasteiger partial charge >= 0.3 is 12.2 Å². The molecule has 3 amide bonds. The number of hydrogen-bond donors (Lipinski definition) is 1. The van der Waals surface area contributed by atoms with E-state index in [-0.39, 0.29) is 37.6 Å². The summed E-state index contributed by atoms with van der Waals surface area (Å²) in [6, 6.07) is 13.8. The highest BCUT2D eigenvalue weighted by Crippen LogP contribution is 2.37. The predicted octanol–water partition coefficient (Wildman–Crippen LogP) is 3.41. The van der Waals surface area contributed by atoms with Gasteiger partial charge in [-0.3, -0.25) is 9.69 Å². The molecule has 2 aliphatic rings. The average Bonchev–Trinajstić information content (AvgIpc) is 3.17. The molecule has 2 aliphatic heterocycles. The van der Waals surface area contributed by atoms with E-state index in [9.17, 15) is 18.8 Å². The minimum absolute atomic E-state index is 0.165. The Bertz CT molecular complexity index is 1050. The SMILES string of the molecule is CC(=O)NCC1CN(c2ccc(C3CN(C(=O)OCc4ccccc4)C3C)c(F)c2)C(=O)O1. The first-order chi connectivity index (χ1) is 15.8. The van der Waals surface area contributed by atoms with Crippen molar-refractivity contribution in [2.24, 2.45) is 0 Å². The Labute approximate surface area is 191 Å². The van der Waals surface area contributed by atoms with Gasteiger partial charge < -0.3 is 19.7 Å². The molecule has 0 aliphatic carbocycles. The molecule has 0 radical (unpaired) electrons. The summed E-state index contributed by atoms with van der Waals surface area (Å²) in [5.41, 5.74) is 1.77. The van der Waals surface area contributed by atoms with Crippen molar-refractivity contribution in [3.05, 3.63) is 65.5 Å². The fourth-order valence-corrected chi connectivity index (χ4v) is 4.09. The number of carbonyl (C=O) groups is 3. The number of carbonyl (C=O) groups excluding carboxylic acids is 3. The maximum Gasteiger partial charge on any atom is 0.414 e. The molecule has 9 heteroatoms. The maximum absolute atomic E-state index is 15.0. The molecule has 2 aromatic rings. The summed E-state index contributed by atoms with van der Waals surface area (Å²) in [5.74, 6) is -0.825. The van der Waals surface area contributed by atoms with Crippen molar-refractivity contribution >= 4 is 23.8 Å². The first kappa shape index (κ1) is 22.6. The summed E-state index contributed by atoms with van der Waals surface area (Å²) in [4.78, 5) is 38.5. The molecular formula is C24H26FN3O5. The third-order valence-electron chi connectivity index (χ3n) is 6.05. The van der Waals surface area contributed by atoms with Gasteiger partial charge in [0.2, 0.25) is 5.91 Å². The standard InChI is InChI=1S/C24H26FN3O5/c1-15-21(13-27(15)23(30)32-14-17-6-4-3-5-7-17)20-9-8-18(10-22(20)25)28-12-19(33-24(28)31)11-26-16(2)29/h3-10,15,19,21H,11-14H2,1-2H3,(H,26,29). The number of anilines is 1. The number of amides is 3. The highest BCUT2D eigenvalue weighted by Gasteiger charge is 2.42. The van der Waals surface area contributed by atoms with Crippen molar-refractivity contribution in [3.63, 3.8) is 0 Å². The van der Waals surface area contributed by atoms with Crippen LogP contribution in [-0.4, -0.2) is 54.8 Å². The molecule has 174 valence electrons. The van der Waals surface area contributed by atoms with Crippen molar-refractivity contribution in [2.75, 3.05) is 24.5 Å². The Hall–Kier alpha value is -3.62. The summed E-state index contributed by atoms with van der Waals surface area (Å²) in [6.07, 6.45) is -1.50. The number of nitrogens with zero attached hydrogens (tertiary/aromatic N) is 2. The van der Waals surface area contributed by atoms with Gasteiger partial charge in [0.15, 0.2) is 0 Å². The second kappa shape index (κ2) is 9.48. The summed E-state index contributed by atoms with van der Waals surface area (Å²) >= 11 is 0. The average molecular weight is 455 g/mol. The van der Waals surface area contributed by atoms with Crippen LogP contribution in [0.25, 0.3) is 0 Å². The van der Waals surface area contributed by atoms with E-state index in [0.29, 0.717) is 17.8 Å². The van der Waals surface area contributed by atoms with Gasteiger partial charge in [0.05, 0.1) is 18.8 Å². The summed E-state index contributed by atoms with van der Waals surface area (Å²) < 4.78 is 25.6. The molecule has 1 N–H and O–H groups in total. The van der Waals surface area contributed by atoms with Gasteiger partial charge in [-0.25, -0.2) is 14.0 Å². The van der Waals surface area contributed by atoms with E-state index < -0.39 is 24.1 Å². The monoisotopic (exact) mass is 455 g/mol. The minimum atomic E-state index is -0.582. The van der Waals surface area contributed by atoms with E-state index >= 15 is 0 Å². The predicted molar refractivity (Wildman–Crippen MR) is 118 cm³/mol. The van der Waals surface area contributed by atoms with Crippen LogP contribution in [0.4, 0.5) is 19.7 Å². The van der Waals surface area contributed by atoms with Crippen molar-refractivity contribution in [3.8, 4) is 0 Å². The molecule has 0 aromatic heterocycles. The number of halogens is 1. The number of cyclic esters (lactones) is 1. The van der Waals surface area contributed by atoms with Crippen LogP contribution in [0.1, 0.15) is 30.9 Å². The maximum atomic E-state index is 15.0. The van der Waals surface area contributed by atoms with Crippen molar-refractivity contribution < 1.29 is 28.2 Å². The molecule has 8 nitrogen and oxygen atoms in total. The minimum Gasteiger partial charge on any atom is -0.445 e. The van der Waals surface area contributed by atoms with E-state index in [1.807, 2.05) is 37.3 Å². The first-order valence-electron chi connectivity index (χ1n) is 10.8. The third kappa shape index (κ3) is 4.92. The van der Waals surface area contributed by atoms with Crippen LogP contribution < -0.4 is 10.2 Å². The highest BCUT2D eigenvalue weighted by molar-refractivity contribution is 5.89. The topological polar surface area (TPSA) is 88.2 Å². The number of nitrogens with one attached hydrogen (secondary N) is 1. The van der Waals surface area contributed by atoms with Gasteiger partial charge in [0, 0.05) is 25.4 Å². The second-order valence-corrected chi connectivity index (χ2v) is 8.30. The molecule has 3 atom stereocenters. The number of rotatable bonds is 6. The van der Waals surface area contributed by atoms with Crippen LogP contribution in [0.15, 0.2) is 48.5 Å². The van der Waals surface area contributed by atoms with E-state index in [1.165, 1.54) is 17.9 Å². The van der Waals surface area contributed by atoms with Gasteiger partial charge in [-0.1, -0.05) is 36.4 Å². The Morgan fingerprint density at radius 1 is 1.18 bits per heavy atom. The first-order valence-corrected chi connectivity index (χ1v) is 10.8. The van der Waals surface area contributed by atoms with Gasteiger partial charge in [-0.05, 0) is 30.2 Å². The van der Waals surface area contributed by atoms with E-state index in [2.05, 4.69) is 5.32 Å². The number of benzene rings is 2. The molecule has 2 fully saturated rings. The smallest absolute Gasteiger partial charge is 0.414 e. The lowest BCUT2D eigenvalue weighted by Gasteiger charge is -2.45. The third-order valence-corrected chi connectivity index (χ3v) is 6.05. The number of ether oxygens (including phenoxy) is 2. The lowest BCUT2D eigenvalue weighted by atomic mass is 9.83.